The van der Waals surface area contributed by atoms with Crippen LogP contribution in [0.3, 0.4) is 0 Å². The van der Waals surface area contributed by atoms with Crippen molar-refractivity contribution in [3.8, 4) is 0 Å². The van der Waals surface area contributed by atoms with Gasteiger partial charge in [0.2, 0.25) is 0 Å². The third kappa shape index (κ3) is 6.98. The highest BCUT2D eigenvalue weighted by Gasteiger charge is 2.42. The van der Waals surface area contributed by atoms with Gasteiger partial charge in [-0.25, -0.2) is 0 Å². The fourth-order valence-corrected chi connectivity index (χ4v) is 3.12. The molecule has 0 amide bonds. The number of nitrogens with zero attached hydrogens (tertiary/aromatic N) is 3. The molecule has 0 spiro atoms. The molecule has 5 nitrogen and oxygen atoms in total. The lowest BCUT2D eigenvalue weighted by atomic mass is 10.0. The summed E-state index contributed by atoms with van der Waals surface area (Å²) in [6.07, 6.45) is 5.57. The summed E-state index contributed by atoms with van der Waals surface area (Å²) < 4.78 is 7.58. The van der Waals surface area contributed by atoms with Gasteiger partial charge in [0, 0.05) is 52.3 Å². The summed E-state index contributed by atoms with van der Waals surface area (Å²) in [5.74, 6) is 0.956. The first kappa shape index (κ1) is 22.6. The molecule has 1 aromatic heterocycles. The van der Waals surface area contributed by atoms with E-state index in [0.29, 0.717) is 5.41 Å². The van der Waals surface area contributed by atoms with Crippen molar-refractivity contribution >= 4 is 41.5 Å². The Labute approximate surface area is 174 Å². The van der Waals surface area contributed by atoms with E-state index < -0.39 is 0 Å². The van der Waals surface area contributed by atoms with Gasteiger partial charge in [-0.2, -0.15) is 0 Å². The Morgan fingerprint density at radius 3 is 2.68 bits per heavy atom. The summed E-state index contributed by atoms with van der Waals surface area (Å²) in [6, 6.07) is 2.01. The molecule has 1 aliphatic carbocycles. The van der Waals surface area contributed by atoms with E-state index in [0.717, 1.165) is 50.3 Å². The number of nitrogens with one attached hydrogen (secondary N) is 1. The number of hydrogen-bond acceptors (Lipinski definition) is 2. The normalized spacial score (nSPS) is 15.6. The Balaban J connectivity index is 0.00000312. The van der Waals surface area contributed by atoms with Crippen LogP contribution in [0.5, 0.6) is 0 Å². The summed E-state index contributed by atoms with van der Waals surface area (Å²) in [7, 11) is 4.09. The molecule has 7 heteroatoms. The van der Waals surface area contributed by atoms with Gasteiger partial charge in [-0.1, -0.05) is 11.6 Å². The van der Waals surface area contributed by atoms with Gasteiger partial charge in [0.05, 0.1) is 11.6 Å². The average molecular weight is 483 g/mol. The zero-order chi connectivity index (χ0) is 17.6. The summed E-state index contributed by atoms with van der Waals surface area (Å²) in [5, 5.41) is 4.17. The summed E-state index contributed by atoms with van der Waals surface area (Å²) in [4.78, 5) is 7.05. The van der Waals surface area contributed by atoms with Crippen LogP contribution >= 0.6 is 35.6 Å². The molecule has 1 heterocycles. The van der Waals surface area contributed by atoms with Gasteiger partial charge < -0.3 is 19.5 Å². The average Bonchev–Trinajstić information content (AvgIpc) is 3.23. The van der Waals surface area contributed by atoms with Crippen LogP contribution in [0, 0.1) is 5.41 Å². The molecule has 1 fully saturated rings. The highest BCUT2D eigenvalue weighted by atomic mass is 127. The zero-order valence-corrected chi connectivity index (χ0v) is 18.9. The van der Waals surface area contributed by atoms with E-state index in [1.807, 2.05) is 26.2 Å². The van der Waals surface area contributed by atoms with E-state index in [1.54, 1.807) is 0 Å². The predicted molar refractivity (Wildman–Crippen MR) is 116 cm³/mol. The maximum Gasteiger partial charge on any atom is 0.194 e. The van der Waals surface area contributed by atoms with Crippen LogP contribution < -0.4 is 5.32 Å². The maximum atomic E-state index is 6.08. The minimum absolute atomic E-state index is 0. The van der Waals surface area contributed by atoms with Crippen LogP contribution in [-0.4, -0.2) is 48.8 Å². The van der Waals surface area contributed by atoms with Crippen LogP contribution in [-0.2, 0) is 18.3 Å². The molecule has 0 aromatic carbocycles. The molecule has 0 radical (unpaired) electrons. The summed E-state index contributed by atoms with van der Waals surface area (Å²) in [5.41, 5.74) is 1.54. The van der Waals surface area contributed by atoms with E-state index >= 15 is 0 Å². The molecule has 0 aliphatic heterocycles. The van der Waals surface area contributed by atoms with Crippen LogP contribution in [0.25, 0.3) is 0 Å². The van der Waals surface area contributed by atoms with E-state index in [9.17, 15) is 0 Å². The Kier molecular flexibility index (Phi) is 9.59. The largest absolute Gasteiger partial charge is 0.382 e. The number of aryl methyl sites for hydroxylation is 1. The van der Waals surface area contributed by atoms with Crippen molar-refractivity contribution in [3.05, 3.63) is 23.0 Å². The fraction of sp³-hybridized carbons (Fsp3) is 0.722. The Morgan fingerprint density at radius 2 is 2.16 bits per heavy atom. The second kappa shape index (κ2) is 10.6. The number of rotatable bonds is 9. The van der Waals surface area contributed by atoms with Gasteiger partial charge in [-0.3, -0.25) is 4.99 Å². The Hall–Kier alpha value is -0.470. The molecule has 25 heavy (non-hydrogen) atoms. The Bertz CT molecular complexity index is 557. The molecule has 0 saturated heterocycles. The van der Waals surface area contributed by atoms with Gasteiger partial charge in [0.25, 0.3) is 0 Å². The predicted octanol–water partition coefficient (Wildman–Crippen LogP) is 3.90. The van der Waals surface area contributed by atoms with Crippen molar-refractivity contribution in [2.75, 3.05) is 33.4 Å². The van der Waals surface area contributed by atoms with Gasteiger partial charge in [0.1, 0.15) is 0 Å². The van der Waals surface area contributed by atoms with Crippen LogP contribution in [0.15, 0.2) is 17.3 Å². The highest BCUT2D eigenvalue weighted by molar-refractivity contribution is 14.0. The minimum Gasteiger partial charge on any atom is -0.382 e. The topological polar surface area (TPSA) is 41.8 Å². The van der Waals surface area contributed by atoms with Crippen molar-refractivity contribution < 1.29 is 4.74 Å². The highest BCUT2D eigenvalue weighted by Crippen LogP contribution is 2.49. The molecule has 1 N–H and O–H groups in total. The van der Waals surface area contributed by atoms with E-state index in [2.05, 4.69) is 28.8 Å². The summed E-state index contributed by atoms with van der Waals surface area (Å²) in [6.45, 7) is 8.31. The Morgan fingerprint density at radius 1 is 1.44 bits per heavy atom. The SMILES string of the molecule is CCNC(=NCC1(CCOCC)CC1)N(C)Cc1cc(Cl)cn1C.I. The van der Waals surface area contributed by atoms with Gasteiger partial charge in [0.15, 0.2) is 5.96 Å². The monoisotopic (exact) mass is 482 g/mol. The van der Waals surface area contributed by atoms with Crippen molar-refractivity contribution in [1.29, 1.82) is 0 Å². The maximum absolute atomic E-state index is 6.08. The second-order valence-corrected chi connectivity index (χ2v) is 7.17. The minimum atomic E-state index is 0. The molecule has 1 aromatic rings. The lowest BCUT2D eigenvalue weighted by Crippen LogP contribution is -2.39. The first-order chi connectivity index (χ1) is 11.5. The number of halogens is 2. The third-order valence-corrected chi connectivity index (χ3v) is 4.88. The van der Waals surface area contributed by atoms with Gasteiger partial charge >= 0.3 is 0 Å². The molecule has 2 rings (SSSR count). The smallest absolute Gasteiger partial charge is 0.194 e. The number of aliphatic imine (C=N–C) groups is 1. The lowest BCUT2D eigenvalue weighted by molar-refractivity contribution is 0.129. The lowest BCUT2D eigenvalue weighted by Gasteiger charge is -2.23. The number of aromatic nitrogens is 1. The van der Waals surface area contributed by atoms with Crippen molar-refractivity contribution in [2.45, 2.75) is 39.7 Å². The van der Waals surface area contributed by atoms with Crippen molar-refractivity contribution in [1.82, 2.24) is 14.8 Å². The van der Waals surface area contributed by atoms with Crippen molar-refractivity contribution in [3.63, 3.8) is 0 Å². The zero-order valence-electron chi connectivity index (χ0n) is 15.8. The van der Waals surface area contributed by atoms with E-state index in [-0.39, 0.29) is 24.0 Å². The van der Waals surface area contributed by atoms with Crippen LogP contribution in [0.4, 0.5) is 0 Å². The number of ether oxygens (including phenoxy) is 1. The first-order valence-corrected chi connectivity index (χ1v) is 9.25. The molecular formula is C18H32ClIN4O. The summed E-state index contributed by atoms with van der Waals surface area (Å²) >= 11 is 6.08. The number of hydrogen-bond donors (Lipinski definition) is 1. The second-order valence-electron chi connectivity index (χ2n) is 6.73. The first-order valence-electron chi connectivity index (χ1n) is 8.87. The van der Waals surface area contributed by atoms with Crippen molar-refractivity contribution in [2.24, 2.45) is 17.5 Å². The van der Waals surface area contributed by atoms with Gasteiger partial charge in [-0.05, 0) is 44.6 Å². The molecular weight excluding hydrogens is 451 g/mol. The fourth-order valence-electron chi connectivity index (χ4n) is 2.85. The molecule has 0 unspecified atom stereocenters. The molecule has 1 saturated carbocycles. The molecule has 144 valence electrons. The molecule has 0 atom stereocenters. The quantitative estimate of drug-likeness (QED) is 0.251. The van der Waals surface area contributed by atoms with Gasteiger partial charge in [-0.15, -0.1) is 24.0 Å². The number of guanidine groups is 1. The van der Waals surface area contributed by atoms with E-state index in [4.69, 9.17) is 21.3 Å². The molecule has 1 aliphatic rings. The van der Waals surface area contributed by atoms with Crippen LogP contribution in [0.1, 0.15) is 38.8 Å². The third-order valence-electron chi connectivity index (χ3n) is 4.67. The standard InChI is InChI=1S/C18H31ClN4O.HI/c1-5-20-17(21-14-18(7-8-18)9-10-24-6-2)23(4)13-16-11-15(19)12-22(16)3;/h11-12H,5-10,13-14H2,1-4H3,(H,20,21);1H. The van der Waals surface area contributed by atoms with Crippen LogP contribution in [0.2, 0.25) is 5.02 Å². The molecule has 0 bridgehead atoms. The van der Waals surface area contributed by atoms with E-state index in [1.165, 1.54) is 18.5 Å².